The highest BCUT2D eigenvalue weighted by atomic mass is 19.1. The van der Waals surface area contributed by atoms with E-state index in [1.54, 1.807) is 6.07 Å². The van der Waals surface area contributed by atoms with Gasteiger partial charge in [-0.3, -0.25) is 0 Å². The van der Waals surface area contributed by atoms with Crippen LogP contribution >= 0.6 is 0 Å². The first-order chi connectivity index (χ1) is 7.06. The molecule has 0 heterocycles. The predicted octanol–water partition coefficient (Wildman–Crippen LogP) is 3.25. The van der Waals surface area contributed by atoms with Gasteiger partial charge in [-0.1, -0.05) is 26.8 Å². The molecule has 0 aliphatic heterocycles. The average Bonchev–Trinajstić information content (AvgIpc) is 2.19. The summed E-state index contributed by atoms with van der Waals surface area (Å²) in [5.74, 6) is 0.135. The molecule has 0 amide bonds. The highest BCUT2D eigenvalue weighted by molar-refractivity contribution is 5.66. The molecule has 1 rings (SSSR count). The van der Waals surface area contributed by atoms with Gasteiger partial charge in [-0.05, 0) is 24.5 Å². The van der Waals surface area contributed by atoms with Crippen LogP contribution in [0.2, 0.25) is 0 Å². The maximum absolute atomic E-state index is 13.2. The van der Waals surface area contributed by atoms with E-state index in [0.717, 1.165) is 6.42 Å². The van der Waals surface area contributed by atoms with Gasteiger partial charge in [-0.2, -0.15) is 0 Å². The summed E-state index contributed by atoms with van der Waals surface area (Å²) in [7, 11) is 0. The van der Waals surface area contributed by atoms with Crippen LogP contribution in [0.5, 0.6) is 0 Å². The first kappa shape index (κ1) is 11.8. The molecular weight excluding hydrogens is 191 g/mol. The van der Waals surface area contributed by atoms with E-state index in [1.807, 2.05) is 6.07 Å². The maximum atomic E-state index is 13.2. The fraction of sp³-hybridized carbons (Fsp3) is 0.500. The summed E-state index contributed by atoms with van der Waals surface area (Å²) in [5, 5.41) is 3.27. The third kappa shape index (κ3) is 2.85. The molecule has 0 fully saturated rings. The molecule has 1 atom stereocenters. The van der Waals surface area contributed by atoms with Crippen molar-refractivity contribution in [1.82, 2.24) is 0 Å². The minimum atomic E-state index is -0.362. The van der Waals surface area contributed by atoms with E-state index in [-0.39, 0.29) is 11.5 Å². The van der Waals surface area contributed by atoms with Crippen molar-refractivity contribution >= 4 is 11.4 Å². The molecule has 15 heavy (non-hydrogen) atoms. The number of nitrogens with two attached hydrogens (primary N) is 1. The molecule has 1 aromatic rings. The molecule has 0 spiro atoms. The van der Waals surface area contributed by atoms with Crippen molar-refractivity contribution in [1.29, 1.82) is 0 Å². The molecular formula is C12H19FN2. The van der Waals surface area contributed by atoms with Crippen LogP contribution in [0.25, 0.3) is 0 Å². The zero-order valence-electron chi connectivity index (χ0n) is 9.55. The first-order valence-corrected chi connectivity index (χ1v) is 5.36. The van der Waals surface area contributed by atoms with E-state index in [9.17, 15) is 4.39 Å². The summed E-state index contributed by atoms with van der Waals surface area (Å²) in [4.78, 5) is 0. The molecule has 0 saturated carbocycles. The minimum Gasteiger partial charge on any atom is -0.395 e. The Hall–Kier alpha value is -1.25. The smallest absolute Gasteiger partial charge is 0.148 e. The van der Waals surface area contributed by atoms with Crippen LogP contribution in [-0.2, 0) is 0 Å². The molecule has 0 aromatic heterocycles. The topological polar surface area (TPSA) is 38.0 Å². The quantitative estimate of drug-likeness (QED) is 0.749. The lowest BCUT2D eigenvalue weighted by atomic mass is 10.0. The van der Waals surface area contributed by atoms with Gasteiger partial charge in [0.2, 0.25) is 0 Å². The van der Waals surface area contributed by atoms with Crippen LogP contribution in [-0.4, -0.2) is 6.04 Å². The van der Waals surface area contributed by atoms with Crippen LogP contribution in [0, 0.1) is 11.7 Å². The number of hydrogen-bond donors (Lipinski definition) is 2. The van der Waals surface area contributed by atoms with Gasteiger partial charge in [-0.25, -0.2) is 4.39 Å². The predicted molar refractivity (Wildman–Crippen MR) is 63.4 cm³/mol. The molecule has 0 bridgehead atoms. The Balaban J connectivity index is 2.84. The number of halogens is 1. The van der Waals surface area contributed by atoms with Crippen molar-refractivity contribution in [3.8, 4) is 0 Å². The van der Waals surface area contributed by atoms with Gasteiger partial charge >= 0.3 is 0 Å². The van der Waals surface area contributed by atoms with E-state index in [4.69, 9.17) is 5.73 Å². The normalized spacial score (nSPS) is 12.9. The summed E-state index contributed by atoms with van der Waals surface area (Å²) >= 11 is 0. The zero-order valence-corrected chi connectivity index (χ0v) is 9.55. The largest absolute Gasteiger partial charge is 0.395 e. The van der Waals surface area contributed by atoms with Gasteiger partial charge in [0.1, 0.15) is 5.82 Å². The lowest BCUT2D eigenvalue weighted by Crippen LogP contribution is -2.25. The lowest BCUT2D eigenvalue weighted by molar-refractivity contribution is 0.511. The Morgan fingerprint density at radius 2 is 2.07 bits per heavy atom. The molecule has 84 valence electrons. The highest BCUT2D eigenvalue weighted by Crippen LogP contribution is 2.23. The summed E-state index contributed by atoms with van der Waals surface area (Å²) < 4.78 is 13.2. The Morgan fingerprint density at radius 1 is 1.40 bits per heavy atom. The number of benzene rings is 1. The Bertz CT molecular complexity index is 323. The van der Waals surface area contributed by atoms with Crippen molar-refractivity contribution < 1.29 is 4.39 Å². The number of nitrogen functional groups attached to an aromatic ring is 1. The molecule has 0 saturated heterocycles. The number of para-hydroxylation sites is 1. The van der Waals surface area contributed by atoms with Crippen LogP contribution in [0.3, 0.4) is 0 Å². The SMILES string of the molecule is CCC(Nc1cccc(F)c1N)C(C)C. The van der Waals surface area contributed by atoms with Gasteiger partial charge in [0.15, 0.2) is 0 Å². The monoisotopic (exact) mass is 210 g/mol. The highest BCUT2D eigenvalue weighted by Gasteiger charge is 2.12. The second-order valence-corrected chi connectivity index (χ2v) is 4.10. The minimum absolute atomic E-state index is 0.205. The van der Waals surface area contributed by atoms with Crippen LogP contribution in [0.1, 0.15) is 27.2 Å². The number of rotatable bonds is 4. The molecule has 0 radical (unpaired) electrons. The molecule has 0 aliphatic rings. The van der Waals surface area contributed by atoms with Crippen molar-refractivity contribution in [2.24, 2.45) is 5.92 Å². The standard InChI is InChI=1S/C12H19FN2/c1-4-10(8(2)3)15-11-7-5-6-9(13)12(11)14/h5-8,10,15H,4,14H2,1-3H3. The van der Waals surface area contributed by atoms with Gasteiger partial charge < -0.3 is 11.1 Å². The summed E-state index contributed by atoms with van der Waals surface area (Å²) in [6.07, 6.45) is 0.994. The van der Waals surface area contributed by atoms with Crippen LogP contribution in [0.15, 0.2) is 18.2 Å². The lowest BCUT2D eigenvalue weighted by Gasteiger charge is -2.22. The van der Waals surface area contributed by atoms with Crippen molar-refractivity contribution in [2.45, 2.75) is 33.2 Å². The van der Waals surface area contributed by atoms with Gasteiger partial charge in [0.05, 0.1) is 11.4 Å². The number of nitrogens with one attached hydrogen (secondary N) is 1. The summed E-state index contributed by atoms with van der Waals surface area (Å²) in [5.41, 5.74) is 6.54. The summed E-state index contributed by atoms with van der Waals surface area (Å²) in [6, 6.07) is 5.18. The fourth-order valence-corrected chi connectivity index (χ4v) is 1.60. The third-order valence-corrected chi connectivity index (χ3v) is 2.64. The molecule has 1 unspecified atom stereocenters. The number of anilines is 2. The van der Waals surface area contributed by atoms with Gasteiger partial charge in [0, 0.05) is 6.04 Å². The van der Waals surface area contributed by atoms with Gasteiger partial charge in [0.25, 0.3) is 0 Å². The molecule has 3 N–H and O–H groups in total. The first-order valence-electron chi connectivity index (χ1n) is 5.36. The fourth-order valence-electron chi connectivity index (χ4n) is 1.60. The van der Waals surface area contributed by atoms with E-state index < -0.39 is 0 Å². The molecule has 1 aromatic carbocycles. The van der Waals surface area contributed by atoms with Crippen LogP contribution < -0.4 is 11.1 Å². The van der Waals surface area contributed by atoms with Crippen LogP contribution in [0.4, 0.5) is 15.8 Å². The third-order valence-electron chi connectivity index (χ3n) is 2.64. The Kier molecular flexibility index (Phi) is 3.95. The average molecular weight is 210 g/mol. The van der Waals surface area contributed by atoms with E-state index in [2.05, 4.69) is 26.1 Å². The summed E-state index contributed by atoms with van der Waals surface area (Å²) in [6.45, 7) is 6.38. The second kappa shape index (κ2) is 5.01. The van der Waals surface area contributed by atoms with Crippen molar-refractivity contribution in [3.05, 3.63) is 24.0 Å². The molecule has 2 nitrogen and oxygen atoms in total. The second-order valence-electron chi connectivity index (χ2n) is 4.10. The molecule has 0 aliphatic carbocycles. The van der Waals surface area contributed by atoms with Crippen molar-refractivity contribution in [2.75, 3.05) is 11.1 Å². The Morgan fingerprint density at radius 3 is 2.60 bits per heavy atom. The Labute approximate surface area is 90.7 Å². The molecule has 3 heteroatoms. The zero-order chi connectivity index (χ0) is 11.4. The van der Waals surface area contributed by atoms with E-state index >= 15 is 0 Å². The van der Waals surface area contributed by atoms with Gasteiger partial charge in [-0.15, -0.1) is 0 Å². The maximum Gasteiger partial charge on any atom is 0.148 e. The number of hydrogen-bond acceptors (Lipinski definition) is 2. The van der Waals surface area contributed by atoms with E-state index in [0.29, 0.717) is 17.6 Å². The van der Waals surface area contributed by atoms with Crippen molar-refractivity contribution in [3.63, 3.8) is 0 Å². The van der Waals surface area contributed by atoms with E-state index in [1.165, 1.54) is 6.07 Å².